The van der Waals surface area contributed by atoms with Gasteiger partial charge in [-0.1, -0.05) is 20.8 Å². The molecular weight excluding hydrogens is 182 g/mol. The van der Waals surface area contributed by atoms with Gasteiger partial charge in [-0.15, -0.1) is 0 Å². The quantitative estimate of drug-likeness (QED) is 0.674. The van der Waals surface area contributed by atoms with Crippen LogP contribution >= 0.6 is 0 Å². The monoisotopic (exact) mass is 209 g/mol. The minimum atomic E-state index is -1.04. The Bertz CT molecular complexity index is 335. The van der Waals surface area contributed by atoms with Gasteiger partial charge in [0.15, 0.2) is 0 Å². The molecule has 1 aliphatic carbocycles. The van der Waals surface area contributed by atoms with Crippen LogP contribution in [0.2, 0.25) is 0 Å². The Balaban J connectivity index is 2.07. The molecule has 3 rings (SSSR count). The highest BCUT2D eigenvalue weighted by atomic mass is 15.3. The summed E-state index contributed by atoms with van der Waals surface area (Å²) in [6.07, 6.45) is 3.82. The van der Waals surface area contributed by atoms with Crippen LogP contribution in [0.1, 0.15) is 55.6 Å². The molecule has 15 heavy (non-hydrogen) atoms. The molecule has 0 radical (unpaired) electrons. The lowest BCUT2D eigenvalue weighted by Crippen LogP contribution is -2.45. The molecule has 2 saturated heterocycles. The first-order chi connectivity index (χ1) is 7.86. The van der Waals surface area contributed by atoms with E-state index in [-0.39, 0.29) is 11.5 Å². The second-order valence-electron chi connectivity index (χ2n) is 6.44. The van der Waals surface area contributed by atoms with Gasteiger partial charge in [0, 0.05) is 14.8 Å². The minimum Gasteiger partial charge on any atom is -0.297 e. The summed E-state index contributed by atoms with van der Waals surface area (Å²) in [6, 6.07) is 0. The third-order valence-electron chi connectivity index (χ3n) is 4.83. The lowest BCUT2D eigenvalue weighted by molar-refractivity contribution is 0.107. The lowest BCUT2D eigenvalue weighted by atomic mass is 9.73. The first kappa shape index (κ1) is 8.11. The van der Waals surface area contributed by atoms with Gasteiger partial charge >= 0.3 is 0 Å². The highest BCUT2D eigenvalue weighted by Gasteiger charge is 2.66. The molecule has 0 unspecified atom stereocenters. The highest BCUT2D eigenvalue weighted by molar-refractivity contribution is 5.20. The van der Waals surface area contributed by atoms with Crippen molar-refractivity contribution in [1.29, 1.82) is 0 Å². The maximum absolute atomic E-state index is 8.71. The van der Waals surface area contributed by atoms with E-state index in [4.69, 9.17) is 2.74 Å². The average molecular weight is 209 g/mol. The summed E-state index contributed by atoms with van der Waals surface area (Å²) >= 11 is 0. The molecule has 2 aliphatic heterocycles. The molecule has 0 aromatic rings. The van der Waals surface area contributed by atoms with E-state index in [1.54, 1.807) is 0 Å². The Morgan fingerprint density at radius 3 is 2.73 bits per heavy atom. The maximum atomic E-state index is 8.71. The van der Waals surface area contributed by atoms with E-state index in [2.05, 4.69) is 25.7 Å². The van der Waals surface area contributed by atoms with E-state index in [1.807, 2.05) is 0 Å². The van der Waals surface area contributed by atoms with Crippen molar-refractivity contribution in [2.45, 2.75) is 58.4 Å². The summed E-state index contributed by atoms with van der Waals surface area (Å²) in [5.74, 6) is 0.785. The van der Waals surface area contributed by atoms with E-state index in [1.165, 1.54) is 19.3 Å². The molecule has 1 saturated carbocycles. The number of hydrogen-bond acceptors (Lipinski definition) is 1. The molecule has 2 atom stereocenters. The van der Waals surface area contributed by atoms with Gasteiger partial charge in [0.05, 0.1) is 0 Å². The van der Waals surface area contributed by atoms with Crippen molar-refractivity contribution in [1.82, 2.24) is 4.90 Å². The number of hydrogen-bond donors (Lipinski definition) is 0. The SMILES string of the molecule is [2H]C([2H])(C(C)C)[C@]12C[C@H](C)CN1CCC21CC1. The second kappa shape index (κ2) is 3.00. The fourth-order valence-electron chi connectivity index (χ4n) is 4.22. The summed E-state index contributed by atoms with van der Waals surface area (Å²) in [5, 5.41) is 0. The van der Waals surface area contributed by atoms with Crippen LogP contribution in [0.5, 0.6) is 0 Å². The third kappa shape index (κ3) is 1.25. The number of rotatable bonds is 2. The van der Waals surface area contributed by atoms with Gasteiger partial charge in [-0.25, -0.2) is 0 Å². The van der Waals surface area contributed by atoms with E-state index >= 15 is 0 Å². The van der Waals surface area contributed by atoms with Crippen molar-refractivity contribution < 1.29 is 2.74 Å². The van der Waals surface area contributed by atoms with Gasteiger partial charge in [-0.3, -0.25) is 4.90 Å². The van der Waals surface area contributed by atoms with E-state index in [9.17, 15) is 0 Å². The van der Waals surface area contributed by atoms with Crippen LogP contribution in [0.15, 0.2) is 0 Å². The predicted molar refractivity (Wildman–Crippen MR) is 63.8 cm³/mol. The summed E-state index contributed by atoms with van der Waals surface area (Å²) in [4.78, 5) is 2.52. The zero-order chi connectivity index (χ0) is 12.5. The first-order valence-electron chi connectivity index (χ1n) is 7.61. The van der Waals surface area contributed by atoms with Crippen LogP contribution in [-0.2, 0) is 0 Å². The zero-order valence-corrected chi connectivity index (χ0v) is 10.3. The molecule has 0 bridgehead atoms. The van der Waals surface area contributed by atoms with Crippen molar-refractivity contribution >= 4 is 0 Å². The predicted octanol–water partition coefficient (Wildman–Crippen LogP) is 3.30. The van der Waals surface area contributed by atoms with Crippen LogP contribution in [0.3, 0.4) is 0 Å². The molecule has 0 aromatic carbocycles. The molecule has 1 nitrogen and oxygen atoms in total. The summed E-state index contributed by atoms with van der Waals surface area (Å²) in [5.41, 5.74) is 0.207. The Morgan fingerprint density at radius 2 is 2.13 bits per heavy atom. The molecule has 2 heterocycles. The number of nitrogens with zero attached hydrogens (tertiary/aromatic N) is 1. The Hall–Kier alpha value is -0.0400. The first-order valence-corrected chi connectivity index (χ1v) is 6.61. The highest BCUT2D eigenvalue weighted by Crippen LogP contribution is 2.68. The summed E-state index contributed by atoms with van der Waals surface area (Å²) in [6.45, 7) is 8.67. The average Bonchev–Trinajstić information content (AvgIpc) is 2.85. The normalized spacial score (nSPS) is 45.7. The molecule has 86 valence electrons. The smallest absolute Gasteiger partial charge is 0.0288 e. The van der Waals surface area contributed by atoms with Gasteiger partial charge < -0.3 is 0 Å². The third-order valence-corrected chi connectivity index (χ3v) is 4.83. The molecule has 0 amide bonds. The maximum Gasteiger partial charge on any atom is 0.0288 e. The second-order valence-corrected chi connectivity index (χ2v) is 6.44. The van der Waals surface area contributed by atoms with E-state index < -0.39 is 6.37 Å². The molecule has 0 aromatic heterocycles. The van der Waals surface area contributed by atoms with E-state index in [0.29, 0.717) is 11.3 Å². The molecule has 1 heteroatoms. The van der Waals surface area contributed by atoms with Crippen LogP contribution < -0.4 is 0 Å². The van der Waals surface area contributed by atoms with Crippen LogP contribution in [0, 0.1) is 17.3 Å². The Morgan fingerprint density at radius 1 is 1.40 bits per heavy atom. The van der Waals surface area contributed by atoms with E-state index in [0.717, 1.165) is 19.5 Å². The molecule has 3 aliphatic rings. The Labute approximate surface area is 97.0 Å². The van der Waals surface area contributed by atoms with Crippen molar-refractivity contribution in [2.75, 3.05) is 13.1 Å². The summed E-state index contributed by atoms with van der Waals surface area (Å²) in [7, 11) is 0. The van der Waals surface area contributed by atoms with Gasteiger partial charge in [-0.2, -0.15) is 0 Å². The fourth-order valence-corrected chi connectivity index (χ4v) is 4.22. The molecule has 0 N–H and O–H groups in total. The number of fused-ring (bicyclic) bond motifs is 2. The van der Waals surface area contributed by atoms with Gasteiger partial charge in [0.1, 0.15) is 0 Å². The van der Waals surface area contributed by atoms with Crippen LogP contribution in [0.25, 0.3) is 0 Å². The van der Waals surface area contributed by atoms with Gasteiger partial charge in [0.2, 0.25) is 0 Å². The van der Waals surface area contributed by atoms with Gasteiger partial charge in [0.25, 0.3) is 0 Å². The van der Waals surface area contributed by atoms with Crippen LogP contribution in [-0.4, -0.2) is 23.5 Å². The topological polar surface area (TPSA) is 3.24 Å². The molecule has 1 spiro atoms. The largest absolute Gasteiger partial charge is 0.297 e. The minimum absolute atomic E-state index is 0.117. The standard InChI is InChI=1S/C14H25N/c1-11(2)8-14-9-12(3)10-15(14)7-6-13(14)4-5-13/h11-12H,4-10H2,1-3H3/t12-,14+/m0/s1/i8D2. The zero-order valence-electron chi connectivity index (χ0n) is 12.3. The lowest BCUT2D eigenvalue weighted by Gasteiger charge is -2.39. The fraction of sp³-hybridized carbons (Fsp3) is 1.00. The molecule has 3 fully saturated rings. The van der Waals surface area contributed by atoms with Gasteiger partial charge in [-0.05, 0) is 55.9 Å². The van der Waals surface area contributed by atoms with Crippen molar-refractivity contribution in [3.63, 3.8) is 0 Å². The molecular formula is C14H25N. The van der Waals surface area contributed by atoms with Crippen molar-refractivity contribution in [2.24, 2.45) is 17.3 Å². The Kier molecular flexibility index (Phi) is 1.62. The van der Waals surface area contributed by atoms with Crippen LogP contribution in [0.4, 0.5) is 0 Å². The van der Waals surface area contributed by atoms with Crippen molar-refractivity contribution in [3.05, 3.63) is 0 Å². The van der Waals surface area contributed by atoms with Crippen molar-refractivity contribution in [3.8, 4) is 0 Å². The summed E-state index contributed by atoms with van der Waals surface area (Å²) < 4.78 is 17.4.